The smallest absolute Gasteiger partial charge is 0.248 e. The van der Waals surface area contributed by atoms with Gasteiger partial charge < -0.3 is 16.8 Å². The molecule has 30 heavy (non-hydrogen) atoms. The van der Waals surface area contributed by atoms with Gasteiger partial charge in [-0.25, -0.2) is 4.98 Å². The summed E-state index contributed by atoms with van der Waals surface area (Å²) in [6.45, 7) is 6.74. The average molecular weight is 406 g/mol. The van der Waals surface area contributed by atoms with E-state index in [4.69, 9.17) is 11.5 Å². The number of anilines is 2. The topological polar surface area (TPSA) is 123 Å². The summed E-state index contributed by atoms with van der Waals surface area (Å²) in [5, 5.41) is 4.26. The molecule has 0 bridgehead atoms. The summed E-state index contributed by atoms with van der Waals surface area (Å²) in [5.74, 6) is 0.604. The number of fused-ring (bicyclic) bond motifs is 1. The van der Waals surface area contributed by atoms with Crippen molar-refractivity contribution in [3.05, 3.63) is 52.7 Å². The Kier molecular flexibility index (Phi) is 5.50. The number of pyridine rings is 1. The highest BCUT2D eigenvalue weighted by Crippen LogP contribution is 2.24. The van der Waals surface area contributed by atoms with Crippen LogP contribution in [0.3, 0.4) is 0 Å². The molecule has 0 aliphatic carbocycles. The molecule has 2 aromatic heterocycles. The summed E-state index contributed by atoms with van der Waals surface area (Å²) in [4.78, 5) is 27.2. The first-order chi connectivity index (χ1) is 14.4. The van der Waals surface area contributed by atoms with Crippen molar-refractivity contribution in [2.75, 3.05) is 24.1 Å². The van der Waals surface area contributed by atoms with Gasteiger partial charge in [-0.15, -0.1) is 0 Å². The molecule has 1 amide bonds. The molecule has 0 radical (unpaired) electrons. The minimum Gasteiger partial charge on any atom is -0.383 e. The van der Waals surface area contributed by atoms with E-state index in [1.54, 1.807) is 12.1 Å². The molecule has 1 aromatic carbocycles. The molecule has 0 unspecified atom stereocenters. The molecule has 4 rings (SSSR count). The zero-order chi connectivity index (χ0) is 21.3. The molecule has 1 fully saturated rings. The normalized spacial score (nSPS) is 15.4. The number of hydrogen-bond donors (Lipinski definition) is 3. The van der Waals surface area contributed by atoms with Gasteiger partial charge in [0.15, 0.2) is 5.65 Å². The highest BCUT2D eigenvalue weighted by atomic mass is 16.1. The van der Waals surface area contributed by atoms with Gasteiger partial charge in [0, 0.05) is 36.9 Å². The second-order valence-corrected chi connectivity index (χ2v) is 7.97. The maximum atomic E-state index is 11.2. The first-order valence-corrected chi connectivity index (χ1v) is 10.2. The van der Waals surface area contributed by atoms with Crippen molar-refractivity contribution in [2.24, 2.45) is 5.73 Å². The largest absolute Gasteiger partial charge is 0.383 e. The number of amides is 1. The molecule has 3 aromatic rings. The van der Waals surface area contributed by atoms with Gasteiger partial charge in [-0.05, 0) is 56.0 Å². The number of nitrogens with zero attached hydrogens (tertiary/aromatic N) is 4. The fraction of sp³-hybridized carbons (Fsp3) is 0.364. The summed E-state index contributed by atoms with van der Waals surface area (Å²) in [6.07, 6.45) is 1.97. The number of aromatic nitrogens is 3. The van der Waals surface area contributed by atoms with Gasteiger partial charge in [0.2, 0.25) is 11.9 Å². The lowest BCUT2D eigenvalue weighted by molar-refractivity contribution is 0.1000. The summed E-state index contributed by atoms with van der Waals surface area (Å²) in [7, 11) is 0. The van der Waals surface area contributed by atoms with E-state index in [0.29, 0.717) is 29.0 Å². The zero-order valence-electron chi connectivity index (χ0n) is 17.4. The van der Waals surface area contributed by atoms with Crippen molar-refractivity contribution in [3.63, 3.8) is 0 Å². The molecule has 0 spiro atoms. The van der Waals surface area contributed by atoms with Crippen molar-refractivity contribution in [1.82, 2.24) is 19.9 Å². The molecule has 5 N–H and O–H groups in total. The second-order valence-electron chi connectivity index (χ2n) is 7.97. The molecule has 8 nitrogen and oxygen atoms in total. The van der Waals surface area contributed by atoms with Gasteiger partial charge in [-0.3, -0.25) is 9.69 Å². The number of rotatable bonds is 5. The van der Waals surface area contributed by atoms with E-state index in [9.17, 15) is 4.79 Å². The molecule has 1 aliphatic rings. The van der Waals surface area contributed by atoms with E-state index in [2.05, 4.69) is 25.2 Å². The van der Waals surface area contributed by atoms with E-state index in [0.717, 1.165) is 49.1 Å². The third-order valence-corrected chi connectivity index (χ3v) is 5.59. The Hall–Kier alpha value is -3.26. The number of piperidine rings is 1. The van der Waals surface area contributed by atoms with Crippen LogP contribution in [0.4, 0.5) is 11.8 Å². The fourth-order valence-corrected chi connectivity index (χ4v) is 4.03. The van der Waals surface area contributed by atoms with Gasteiger partial charge in [-0.1, -0.05) is 12.1 Å². The van der Waals surface area contributed by atoms with Crippen molar-refractivity contribution >= 4 is 28.7 Å². The molecule has 8 heteroatoms. The highest BCUT2D eigenvalue weighted by Gasteiger charge is 2.21. The van der Waals surface area contributed by atoms with E-state index in [-0.39, 0.29) is 0 Å². The van der Waals surface area contributed by atoms with E-state index in [1.165, 1.54) is 5.56 Å². The first kappa shape index (κ1) is 20.0. The van der Waals surface area contributed by atoms with Crippen LogP contribution in [0.1, 0.15) is 40.0 Å². The molecule has 1 saturated heterocycles. The highest BCUT2D eigenvalue weighted by molar-refractivity contribution is 5.92. The molecular formula is C22H27N7O. The van der Waals surface area contributed by atoms with Crippen LogP contribution in [0.5, 0.6) is 0 Å². The molecule has 1 aliphatic heterocycles. The van der Waals surface area contributed by atoms with Crippen molar-refractivity contribution in [3.8, 4) is 0 Å². The van der Waals surface area contributed by atoms with Crippen LogP contribution >= 0.6 is 0 Å². The number of carbonyl (C=O) groups is 1. The van der Waals surface area contributed by atoms with Crippen LogP contribution in [0.2, 0.25) is 0 Å². The Bertz CT molecular complexity index is 1070. The van der Waals surface area contributed by atoms with Crippen LogP contribution in [-0.4, -0.2) is 44.9 Å². The lowest BCUT2D eigenvalue weighted by atomic mass is 10.0. The lowest BCUT2D eigenvalue weighted by Crippen LogP contribution is -2.39. The van der Waals surface area contributed by atoms with Gasteiger partial charge in [0.05, 0.1) is 5.39 Å². The van der Waals surface area contributed by atoms with E-state index < -0.39 is 5.91 Å². The maximum absolute atomic E-state index is 11.2. The molecule has 156 valence electrons. The zero-order valence-corrected chi connectivity index (χ0v) is 17.4. The van der Waals surface area contributed by atoms with Gasteiger partial charge in [0.1, 0.15) is 5.82 Å². The van der Waals surface area contributed by atoms with Gasteiger partial charge in [-0.2, -0.15) is 9.97 Å². The number of primary amides is 1. The predicted molar refractivity (Wildman–Crippen MR) is 118 cm³/mol. The summed E-state index contributed by atoms with van der Waals surface area (Å²) < 4.78 is 0. The van der Waals surface area contributed by atoms with Crippen LogP contribution in [0.25, 0.3) is 11.0 Å². The predicted octanol–water partition coefficient (Wildman–Crippen LogP) is 2.40. The Morgan fingerprint density at radius 2 is 1.83 bits per heavy atom. The van der Waals surface area contributed by atoms with E-state index in [1.807, 2.05) is 32.0 Å². The van der Waals surface area contributed by atoms with Crippen LogP contribution < -0.4 is 16.8 Å². The minimum absolute atomic E-state index is 0.293. The number of hydrogen-bond acceptors (Lipinski definition) is 7. The van der Waals surface area contributed by atoms with Gasteiger partial charge in [0.25, 0.3) is 0 Å². The van der Waals surface area contributed by atoms with E-state index >= 15 is 0 Å². The second kappa shape index (κ2) is 8.23. The van der Waals surface area contributed by atoms with Crippen LogP contribution in [0, 0.1) is 13.8 Å². The quantitative estimate of drug-likeness (QED) is 0.595. The van der Waals surface area contributed by atoms with Crippen LogP contribution in [-0.2, 0) is 6.54 Å². The Balaban J connectivity index is 1.37. The Labute approximate surface area is 175 Å². The molecular weight excluding hydrogens is 378 g/mol. The Morgan fingerprint density at radius 3 is 2.50 bits per heavy atom. The number of nitrogen functional groups attached to an aromatic ring is 1. The maximum Gasteiger partial charge on any atom is 0.248 e. The SMILES string of the molecule is Cc1cc(C)c2c(N)nc(NC3CCN(Cc4ccc(C(N)=O)cc4)CC3)nc2n1. The number of nitrogens with two attached hydrogens (primary N) is 2. The van der Waals surface area contributed by atoms with Gasteiger partial charge >= 0.3 is 0 Å². The lowest BCUT2D eigenvalue weighted by Gasteiger charge is -2.32. The number of benzene rings is 1. The summed E-state index contributed by atoms with van der Waals surface area (Å²) >= 11 is 0. The molecule has 0 atom stereocenters. The monoisotopic (exact) mass is 405 g/mol. The van der Waals surface area contributed by atoms with Crippen molar-refractivity contribution in [2.45, 2.75) is 39.3 Å². The van der Waals surface area contributed by atoms with Crippen molar-refractivity contribution in [1.29, 1.82) is 0 Å². The number of likely N-dealkylation sites (tertiary alicyclic amines) is 1. The van der Waals surface area contributed by atoms with Crippen LogP contribution in [0.15, 0.2) is 30.3 Å². The minimum atomic E-state index is -0.398. The molecule has 0 saturated carbocycles. The number of nitrogens with one attached hydrogen (secondary N) is 1. The standard InChI is InChI=1S/C22H27N7O/c1-13-11-14(2)25-21-18(13)19(23)27-22(28-21)26-17-7-9-29(10-8-17)12-15-3-5-16(6-4-15)20(24)30/h3-6,11,17H,7-10,12H2,1-2H3,(H2,24,30)(H3,23,25,26,27,28). The fourth-order valence-electron chi connectivity index (χ4n) is 4.03. The summed E-state index contributed by atoms with van der Waals surface area (Å²) in [6, 6.07) is 9.78. The van der Waals surface area contributed by atoms with Crippen molar-refractivity contribution < 1.29 is 4.79 Å². The first-order valence-electron chi connectivity index (χ1n) is 10.2. The third-order valence-electron chi connectivity index (χ3n) is 5.59. The molecule has 3 heterocycles. The Morgan fingerprint density at radius 1 is 1.13 bits per heavy atom. The summed E-state index contributed by atoms with van der Waals surface area (Å²) in [5.41, 5.74) is 15.8. The number of aryl methyl sites for hydroxylation is 2. The third kappa shape index (κ3) is 4.33. The number of carbonyl (C=O) groups excluding carboxylic acids is 1. The average Bonchev–Trinajstić information content (AvgIpc) is 2.69.